The van der Waals surface area contributed by atoms with Gasteiger partial charge >= 0.3 is 6.36 Å². The third-order valence-electron chi connectivity index (χ3n) is 1.28. The Bertz CT molecular complexity index is 352. The number of ether oxygens (including phenoxy) is 1. The Morgan fingerprint density at radius 1 is 1.29 bits per heavy atom. The van der Waals surface area contributed by atoms with Gasteiger partial charge in [-0.1, -0.05) is 0 Å². The van der Waals surface area contributed by atoms with E-state index in [1.165, 1.54) is 0 Å². The molecule has 7 heteroatoms. The van der Waals surface area contributed by atoms with Crippen LogP contribution < -0.4 is 10.5 Å². The normalized spacial score (nSPS) is 11.5. The van der Waals surface area contributed by atoms with Gasteiger partial charge in [0.05, 0.1) is 0 Å². The lowest BCUT2D eigenvalue weighted by Crippen LogP contribution is -2.18. The van der Waals surface area contributed by atoms with Crippen LogP contribution in [0.25, 0.3) is 0 Å². The highest BCUT2D eigenvalue weighted by atomic mass is 127. The molecule has 2 N–H and O–H groups in total. The fraction of sp³-hybridized carbons (Fsp3) is 0.143. The van der Waals surface area contributed by atoms with Gasteiger partial charge in [0, 0.05) is 15.3 Å². The molecule has 14 heavy (non-hydrogen) atoms. The summed E-state index contributed by atoms with van der Waals surface area (Å²) in [6, 6.07) is 1.67. The van der Waals surface area contributed by atoms with Crippen molar-refractivity contribution in [2.75, 3.05) is 5.73 Å². The first-order valence-electron chi connectivity index (χ1n) is 3.30. The van der Waals surface area contributed by atoms with Gasteiger partial charge in [0.25, 0.3) is 0 Å². The lowest BCUT2D eigenvalue weighted by molar-refractivity contribution is -0.275. The van der Waals surface area contributed by atoms with Gasteiger partial charge in [0.2, 0.25) is 0 Å². The predicted octanol–water partition coefficient (Wildman–Crippen LogP) is 2.91. The second-order valence-electron chi connectivity index (χ2n) is 2.35. The van der Waals surface area contributed by atoms with Gasteiger partial charge in [0.1, 0.15) is 0 Å². The number of rotatable bonds is 1. The zero-order valence-electron chi connectivity index (χ0n) is 6.53. The minimum atomic E-state index is -4.90. The van der Waals surface area contributed by atoms with Crippen LogP contribution in [0.15, 0.2) is 12.1 Å². The maximum absolute atomic E-state index is 12.9. The van der Waals surface area contributed by atoms with E-state index in [9.17, 15) is 17.6 Å². The maximum atomic E-state index is 12.9. The molecule has 0 radical (unpaired) electrons. The van der Waals surface area contributed by atoms with E-state index >= 15 is 0 Å². The van der Waals surface area contributed by atoms with Gasteiger partial charge in [-0.25, -0.2) is 4.39 Å². The highest BCUT2D eigenvalue weighted by Crippen LogP contribution is 2.29. The Morgan fingerprint density at radius 3 is 2.36 bits per heavy atom. The molecular formula is C7H4F4INO. The first-order valence-corrected chi connectivity index (χ1v) is 4.38. The summed E-state index contributed by atoms with van der Waals surface area (Å²) in [5.41, 5.74) is 5.34. The van der Waals surface area contributed by atoms with Gasteiger partial charge in [0.15, 0.2) is 11.6 Å². The SMILES string of the molecule is Nc1cc(F)c(OC(F)(F)F)cc1I. The van der Waals surface area contributed by atoms with Crippen molar-refractivity contribution in [2.45, 2.75) is 6.36 Å². The second kappa shape index (κ2) is 3.79. The van der Waals surface area contributed by atoms with Crippen LogP contribution in [0.2, 0.25) is 0 Å². The highest BCUT2D eigenvalue weighted by Gasteiger charge is 2.32. The number of hydrogen-bond acceptors (Lipinski definition) is 2. The quantitative estimate of drug-likeness (QED) is 0.490. The van der Waals surface area contributed by atoms with Gasteiger partial charge in [-0.15, -0.1) is 13.2 Å². The smallest absolute Gasteiger partial charge is 0.403 e. The molecule has 0 aromatic heterocycles. The molecule has 0 saturated heterocycles. The fourth-order valence-electron chi connectivity index (χ4n) is 0.747. The van der Waals surface area contributed by atoms with Crippen molar-refractivity contribution in [3.63, 3.8) is 0 Å². The monoisotopic (exact) mass is 321 g/mol. The van der Waals surface area contributed by atoms with Crippen LogP contribution >= 0.6 is 22.6 Å². The Kier molecular flexibility index (Phi) is 3.07. The number of anilines is 1. The summed E-state index contributed by atoms with van der Waals surface area (Å²) in [4.78, 5) is 0. The van der Waals surface area contributed by atoms with Gasteiger partial charge in [-0.05, 0) is 28.7 Å². The molecule has 0 amide bonds. The number of hydrogen-bond donors (Lipinski definition) is 1. The Balaban J connectivity index is 3.04. The van der Waals surface area contributed by atoms with Crippen molar-refractivity contribution in [2.24, 2.45) is 0 Å². The highest BCUT2D eigenvalue weighted by molar-refractivity contribution is 14.1. The fourth-order valence-corrected chi connectivity index (χ4v) is 1.19. The van der Waals surface area contributed by atoms with Gasteiger partial charge in [-0.3, -0.25) is 0 Å². The van der Waals surface area contributed by atoms with Crippen molar-refractivity contribution < 1.29 is 22.3 Å². The van der Waals surface area contributed by atoms with E-state index in [4.69, 9.17) is 5.73 Å². The van der Waals surface area contributed by atoms with Crippen LogP contribution in [0.5, 0.6) is 5.75 Å². The van der Waals surface area contributed by atoms with E-state index < -0.39 is 17.9 Å². The summed E-state index contributed by atoms with van der Waals surface area (Å²) in [6.07, 6.45) is -4.90. The Labute approximate surface area is 90.2 Å². The van der Waals surface area contributed by atoms with Crippen LogP contribution in [0, 0.1) is 9.39 Å². The first-order chi connectivity index (χ1) is 6.29. The predicted molar refractivity (Wildman–Crippen MR) is 50.2 cm³/mol. The van der Waals surface area contributed by atoms with E-state index in [1.807, 2.05) is 0 Å². The Hall–Kier alpha value is -0.730. The maximum Gasteiger partial charge on any atom is 0.573 e. The second-order valence-corrected chi connectivity index (χ2v) is 3.51. The molecular weight excluding hydrogens is 317 g/mol. The molecule has 1 rings (SSSR count). The molecule has 0 atom stereocenters. The van der Waals surface area contributed by atoms with E-state index in [0.717, 1.165) is 12.1 Å². The molecule has 0 spiro atoms. The molecule has 2 nitrogen and oxygen atoms in total. The van der Waals surface area contributed by atoms with Gasteiger partial charge in [-0.2, -0.15) is 0 Å². The topological polar surface area (TPSA) is 35.2 Å². The minimum absolute atomic E-state index is 0.0672. The molecule has 0 unspecified atom stereocenters. The molecule has 0 fully saturated rings. The van der Waals surface area contributed by atoms with Crippen LogP contribution in [0.4, 0.5) is 23.2 Å². The largest absolute Gasteiger partial charge is 0.573 e. The van der Waals surface area contributed by atoms with Crippen LogP contribution in [0.3, 0.4) is 0 Å². The molecule has 0 aliphatic carbocycles. The van der Waals surface area contributed by atoms with E-state index in [2.05, 4.69) is 4.74 Å². The molecule has 0 heterocycles. The molecule has 0 aliphatic rings. The Morgan fingerprint density at radius 2 is 1.86 bits per heavy atom. The molecule has 1 aromatic carbocycles. The summed E-state index contributed by atoms with van der Waals surface area (Å²) in [5, 5.41) is 0. The number of alkyl halides is 3. The molecule has 78 valence electrons. The zero-order chi connectivity index (χ0) is 10.9. The lowest BCUT2D eigenvalue weighted by atomic mass is 10.3. The van der Waals surface area contributed by atoms with Crippen molar-refractivity contribution in [1.82, 2.24) is 0 Å². The zero-order valence-corrected chi connectivity index (χ0v) is 8.69. The summed E-state index contributed by atoms with van der Waals surface area (Å²) in [5.74, 6) is -2.02. The molecule has 0 bridgehead atoms. The van der Waals surface area contributed by atoms with Gasteiger partial charge < -0.3 is 10.5 Å². The third-order valence-corrected chi connectivity index (χ3v) is 2.21. The minimum Gasteiger partial charge on any atom is -0.403 e. The van der Waals surface area contributed by atoms with Crippen molar-refractivity contribution in [1.29, 1.82) is 0 Å². The summed E-state index contributed by atoms with van der Waals surface area (Å²) >= 11 is 1.68. The van der Waals surface area contributed by atoms with E-state index in [1.54, 1.807) is 22.6 Å². The third kappa shape index (κ3) is 2.89. The number of benzene rings is 1. The summed E-state index contributed by atoms with van der Waals surface area (Å²) in [6.45, 7) is 0. The molecule has 0 saturated carbocycles. The van der Waals surface area contributed by atoms with E-state index in [-0.39, 0.29) is 5.69 Å². The van der Waals surface area contributed by atoms with Crippen LogP contribution in [-0.2, 0) is 0 Å². The van der Waals surface area contributed by atoms with Crippen molar-refractivity contribution in [3.05, 3.63) is 21.5 Å². The number of halogens is 5. The van der Waals surface area contributed by atoms with E-state index in [0.29, 0.717) is 3.57 Å². The first kappa shape index (κ1) is 11.3. The van der Waals surface area contributed by atoms with Crippen molar-refractivity contribution in [3.8, 4) is 5.75 Å². The lowest BCUT2D eigenvalue weighted by Gasteiger charge is -2.10. The number of nitrogen functional groups attached to an aromatic ring is 1. The number of nitrogens with two attached hydrogens (primary N) is 1. The van der Waals surface area contributed by atoms with Crippen molar-refractivity contribution >= 4 is 28.3 Å². The average Bonchev–Trinajstić information content (AvgIpc) is 1.97. The standard InChI is InChI=1S/C7H4F4INO/c8-3-1-5(13)4(12)2-6(3)14-7(9,10)11/h1-2H,13H2. The van der Waals surface area contributed by atoms with Crippen LogP contribution in [0.1, 0.15) is 0 Å². The van der Waals surface area contributed by atoms with Crippen LogP contribution in [-0.4, -0.2) is 6.36 Å². The summed E-state index contributed by atoms with van der Waals surface area (Å²) in [7, 11) is 0. The average molecular weight is 321 g/mol. The molecule has 1 aromatic rings. The summed E-state index contributed by atoms with van der Waals surface area (Å²) < 4.78 is 51.8. The molecule has 0 aliphatic heterocycles.